The minimum absolute atomic E-state index is 0.253. The molecule has 6 heteroatoms. The lowest BCUT2D eigenvalue weighted by Gasteiger charge is -2.05. The predicted molar refractivity (Wildman–Crippen MR) is 87.5 cm³/mol. The summed E-state index contributed by atoms with van der Waals surface area (Å²) in [5.41, 5.74) is 2.66. The van der Waals surface area contributed by atoms with Crippen LogP contribution in [-0.4, -0.2) is 5.11 Å². The molecule has 0 aliphatic heterocycles. The summed E-state index contributed by atoms with van der Waals surface area (Å²) in [5.74, 6) is 0.253. The minimum Gasteiger partial charge on any atom is -0.508 e. The third-order valence-corrected chi connectivity index (χ3v) is 3.87. The molecule has 5 nitrogen and oxygen atoms in total. The second kappa shape index (κ2) is 6.36. The van der Waals surface area contributed by atoms with E-state index < -0.39 is 0 Å². The van der Waals surface area contributed by atoms with Gasteiger partial charge in [0.05, 0.1) is 12.2 Å². The number of anilines is 2. The van der Waals surface area contributed by atoms with Gasteiger partial charge in [-0.2, -0.15) is 0 Å². The molecule has 0 unspecified atom stereocenters. The van der Waals surface area contributed by atoms with E-state index in [1.165, 1.54) is 0 Å². The van der Waals surface area contributed by atoms with Crippen LogP contribution in [0.25, 0.3) is 0 Å². The van der Waals surface area contributed by atoms with Gasteiger partial charge in [-0.1, -0.05) is 0 Å². The average Bonchev–Trinajstić information content (AvgIpc) is 2.94. The number of aryl methyl sites for hydroxylation is 1. The van der Waals surface area contributed by atoms with E-state index in [0.29, 0.717) is 0 Å². The lowest BCUT2D eigenvalue weighted by atomic mass is 10.2. The summed E-state index contributed by atoms with van der Waals surface area (Å²) in [5, 5.41) is 23.8. The van der Waals surface area contributed by atoms with Crippen molar-refractivity contribution in [3.63, 3.8) is 0 Å². The largest absolute Gasteiger partial charge is 0.508 e. The van der Waals surface area contributed by atoms with E-state index in [2.05, 4.69) is 15.5 Å². The predicted octanol–water partition coefficient (Wildman–Crippen LogP) is 4.44. The van der Waals surface area contributed by atoms with Crippen LogP contribution in [0.4, 0.5) is 22.2 Å². The highest BCUT2D eigenvalue weighted by molar-refractivity contribution is 7.12. The van der Waals surface area contributed by atoms with Crippen LogP contribution < -0.4 is 9.88 Å². The van der Waals surface area contributed by atoms with E-state index in [1.54, 1.807) is 23.5 Å². The van der Waals surface area contributed by atoms with E-state index >= 15 is 0 Å². The standard InChI is InChI=1S/C16H14N4OS/c1-20-10-11-22-16(20)19-18-14-4-2-12(3-5-14)17-13-6-8-15(21)9-7-13/h2-11H,1H3,(H,18,21)/p+1. The maximum Gasteiger partial charge on any atom is 0.408 e. The van der Waals surface area contributed by atoms with Gasteiger partial charge in [0.15, 0.2) is 0 Å². The molecule has 2 aromatic carbocycles. The second-order valence-electron chi connectivity index (χ2n) is 4.72. The van der Waals surface area contributed by atoms with Gasteiger partial charge >= 0.3 is 5.13 Å². The van der Waals surface area contributed by atoms with Crippen molar-refractivity contribution in [2.45, 2.75) is 0 Å². The highest BCUT2D eigenvalue weighted by Gasteiger charge is 2.06. The van der Waals surface area contributed by atoms with E-state index in [9.17, 15) is 5.11 Å². The van der Waals surface area contributed by atoms with Crippen molar-refractivity contribution in [2.24, 2.45) is 17.3 Å². The van der Waals surface area contributed by atoms with Gasteiger partial charge < -0.3 is 10.4 Å². The van der Waals surface area contributed by atoms with Crippen LogP contribution in [0.15, 0.2) is 70.3 Å². The molecule has 0 saturated carbocycles. The van der Waals surface area contributed by atoms with Crippen LogP contribution in [0.3, 0.4) is 0 Å². The van der Waals surface area contributed by atoms with Crippen molar-refractivity contribution in [2.75, 3.05) is 5.32 Å². The highest BCUT2D eigenvalue weighted by Crippen LogP contribution is 2.23. The van der Waals surface area contributed by atoms with E-state index in [4.69, 9.17) is 0 Å². The Hall–Kier alpha value is -2.73. The van der Waals surface area contributed by atoms with Crippen molar-refractivity contribution in [3.8, 4) is 5.75 Å². The van der Waals surface area contributed by atoms with E-state index in [1.807, 2.05) is 59.6 Å². The Balaban J connectivity index is 1.69. The number of phenolic OH excluding ortho intramolecular Hbond substituents is 1. The maximum atomic E-state index is 9.26. The molecule has 1 aromatic heterocycles. The average molecular weight is 311 g/mol. The number of benzene rings is 2. The van der Waals surface area contributed by atoms with Crippen LogP contribution in [0.1, 0.15) is 0 Å². The smallest absolute Gasteiger partial charge is 0.408 e. The van der Waals surface area contributed by atoms with Crippen LogP contribution in [0.5, 0.6) is 5.75 Å². The normalized spacial score (nSPS) is 11.0. The summed E-state index contributed by atoms with van der Waals surface area (Å²) < 4.78 is 1.93. The van der Waals surface area contributed by atoms with Crippen molar-refractivity contribution in [1.29, 1.82) is 0 Å². The van der Waals surface area contributed by atoms with Crippen LogP contribution in [0.2, 0.25) is 0 Å². The lowest BCUT2D eigenvalue weighted by molar-refractivity contribution is -0.654. The van der Waals surface area contributed by atoms with Crippen LogP contribution in [-0.2, 0) is 7.05 Å². The van der Waals surface area contributed by atoms with Gasteiger partial charge in [0.25, 0.3) is 0 Å². The number of aromatic hydroxyl groups is 1. The molecule has 0 aliphatic rings. The molecular formula is C16H15N4OS+. The van der Waals surface area contributed by atoms with Crippen LogP contribution in [0, 0.1) is 0 Å². The quantitative estimate of drug-likeness (QED) is 0.425. The Kier molecular flexibility index (Phi) is 4.11. The number of hydrogen-bond donors (Lipinski definition) is 2. The number of rotatable bonds is 4. The summed E-state index contributed by atoms with van der Waals surface area (Å²) >= 11 is 1.54. The number of aromatic nitrogens is 1. The molecular weight excluding hydrogens is 296 g/mol. The van der Waals surface area contributed by atoms with Gasteiger partial charge in [-0.25, -0.2) is 4.57 Å². The summed E-state index contributed by atoms with van der Waals surface area (Å²) in [4.78, 5) is 0. The summed E-state index contributed by atoms with van der Waals surface area (Å²) in [7, 11) is 1.94. The molecule has 3 rings (SSSR count). The van der Waals surface area contributed by atoms with E-state index in [0.717, 1.165) is 22.2 Å². The number of phenols is 1. The molecule has 0 radical (unpaired) electrons. The van der Waals surface area contributed by atoms with E-state index in [-0.39, 0.29) is 5.75 Å². The lowest BCUT2D eigenvalue weighted by Crippen LogP contribution is -2.23. The van der Waals surface area contributed by atoms with Crippen molar-refractivity contribution in [3.05, 3.63) is 60.1 Å². The molecule has 0 spiro atoms. The first-order chi connectivity index (χ1) is 10.7. The van der Waals surface area contributed by atoms with Gasteiger partial charge in [0, 0.05) is 16.8 Å². The molecule has 1 heterocycles. The highest BCUT2D eigenvalue weighted by atomic mass is 32.1. The Morgan fingerprint density at radius 3 is 2.18 bits per heavy atom. The molecule has 3 aromatic rings. The molecule has 0 aliphatic carbocycles. The maximum absolute atomic E-state index is 9.26. The van der Waals surface area contributed by atoms with Gasteiger partial charge in [-0.3, -0.25) is 0 Å². The Labute approximate surface area is 132 Å². The van der Waals surface area contributed by atoms with Crippen molar-refractivity contribution in [1.82, 2.24) is 0 Å². The first-order valence-electron chi connectivity index (χ1n) is 6.72. The first kappa shape index (κ1) is 14.2. The Morgan fingerprint density at radius 2 is 1.59 bits per heavy atom. The number of thiazole rings is 1. The molecule has 0 atom stereocenters. The topological polar surface area (TPSA) is 60.9 Å². The van der Waals surface area contributed by atoms with Gasteiger partial charge in [0.1, 0.15) is 17.6 Å². The number of azo groups is 1. The third-order valence-electron chi connectivity index (χ3n) is 3.03. The number of nitrogens with zero attached hydrogens (tertiary/aromatic N) is 3. The SMILES string of the molecule is C[n+]1ccsc1N=Nc1ccc(Nc2ccc(O)cc2)cc1. The molecule has 22 heavy (non-hydrogen) atoms. The first-order valence-corrected chi connectivity index (χ1v) is 7.60. The summed E-state index contributed by atoms with van der Waals surface area (Å²) in [6, 6.07) is 14.6. The zero-order valence-electron chi connectivity index (χ0n) is 12.0. The molecule has 0 fully saturated rings. The molecule has 110 valence electrons. The zero-order valence-corrected chi connectivity index (χ0v) is 12.8. The molecule has 0 bridgehead atoms. The van der Waals surface area contributed by atoms with Gasteiger partial charge in [0.2, 0.25) is 0 Å². The third kappa shape index (κ3) is 3.48. The Bertz CT molecular complexity index is 779. The minimum atomic E-state index is 0.253. The number of nitrogens with one attached hydrogen (secondary N) is 1. The molecule has 0 saturated heterocycles. The Morgan fingerprint density at radius 1 is 0.955 bits per heavy atom. The summed E-state index contributed by atoms with van der Waals surface area (Å²) in [6.45, 7) is 0. The fourth-order valence-corrected chi connectivity index (χ4v) is 2.53. The van der Waals surface area contributed by atoms with Gasteiger partial charge in [-0.05, 0) is 65.0 Å². The van der Waals surface area contributed by atoms with Crippen LogP contribution >= 0.6 is 11.3 Å². The van der Waals surface area contributed by atoms with Crippen molar-refractivity contribution < 1.29 is 9.67 Å². The molecule has 0 amide bonds. The monoisotopic (exact) mass is 311 g/mol. The summed E-state index contributed by atoms with van der Waals surface area (Å²) in [6.07, 6.45) is 1.95. The number of hydrogen-bond acceptors (Lipinski definition) is 5. The zero-order chi connectivity index (χ0) is 15.4. The molecule has 2 N–H and O–H groups in total. The van der Waals surface area contributed by atoms with Gasteiger partial charge in [-0.15, -0.1) is 0 Å². The fraction of sp³-hybridized carbons (Fsp3) is 0.0625. The van der Waals surface area contributed by atoms with Crippen molar-refractivity contribution >= 4 is 33.5 Å². The fourth-order valence-electron chi connectivity index (χ4n) is 1.85. The second-order valence-corrected chi connectivity index (χ2v) is 5.59.